The summed E-state index contributed by atoms with van der Waals surface area (Å²) < 4.78 is 41.9. The molecule has 0 unspecified atom stereocenters. The summed E-state index contributed by atoms with van der Waals surface area (Å²) in [5.41, 5.74) is 8.58. The summed E-state index contributed by atoms with van der Waals surface area (Å²) in [6.45, 7) is 8.75. The van der Waals surface area contributed by atoms with E-state index in [-0.39, 0.29) is 30.1 Å². The Labute approximate surface area is 500 Å². The van der Waals surface area contributed by atoms with E-state index in [0.29, 0.717) is 112 Å². The van der Waals surface area contributed by atoms with Gasteiger partial charge in [-0.1, -0.05) is 38.1 Å². The van der Waals surface area contributed by atoms with Gasteiger partial charge in [0.15, 0.2) is 28.4 Å². The molecule has 9 N–H and O–H groups in total. The number of carbonyl (C=O) groups is 3. The molecule has 0 saturated carbocycles. The Hall–Kier alpha value is -10.3. The number of nitrogens with one attached hydrogen (secondary N) is 9. The number of hydrogen-bond acceptors (Lipinski definition) is 19. The first-order valence-electron chi connectivity index (χ1n) is 28.2. The lowest BCUT2D eigenvalue weighted by Gasteiger charge is -2.29. The second-order valence-electron chi connectivity index (χ2n) is 20.8. The number of hydrogen-bond donors (Lipinski definition) is 9. The first-order chi connectivity index (χ1) is 42.0. The summed E-state index contributed by atoms with van der Waals surface area (Å²) in [6.07, 6.45) is 9.26. The minimum Gasteiger partial charge on any atom is -0.486 e. The fourth-order valence-electron chi connectivity index (χ4n) is 10.0. The fourth-order valence-corrected chi connectivity index (χ4v) is 11.9. The number of aryl methyl sites for hydroxylation is 2. The number of ether oxygens (including phenoxy) is 2. The molecule has 0 atom stereocenters. The number of para-hydroxylation sites is 1. The van der Waals surface area contributed by atoms with E-state index in [2.05, 4.69) is 121 Å². The van der Waals surface area contributed by atoms with Crippen molar-refractivity contribution in [1.29, 1.82) is 0 Å². The van der Waals surface area contributed by atoms with E-state index in [1.807, 2.05) is 70.4 Å². The summed E-state index contributed by atoms with van der Waals surface area (Å²) in [5.74, 6) is 8.42. The van der Waals surface area contributed by atoms with Crippen LogP contribution in [0.15, 0.2) is 104 Å². The molecule has 0 bridgehead atoms. The summed E-state index contributed by atoms with van der Waals surface area (Å²) >= 11 is 0. The number of aromatic nitrogens is 10. The number of rotatable bonds is 18. The monoisotopic (exact) mass is 1200 g/mol. The van der Waals surface area contributed by atoms with Crippen molar-refractivity contribution in [2.24, 2.45) is 5.92 Å². The molecule has 3 aromatic carbocycles. The quantitative estimate of drug-likeness (QED) is 0.0361. The van der Waals surface area contributed by atoms with Crippen molar-refractivity contribution in [3.05, 3.63) is 121 Å². The highest BCUT2D eigenvalue weighted by atomic mass is 32.2. The van der Waals surface area contributed by atoms with Gasteiger partial charge >= 0.3 is 0 Å². The number of carbonyl (C=O) groups excluding carboxylic acids is 3. The third-order valence-electron chi connectivity index (χ3n) is 13.8. The van der Waals surface area contributed by atoms with Crippen molar-refractivity contribution in [3.8, 4) is 11.5 Å². The Morgan fingerprint density at radius 1 is 0.621 bits per heavy atom. The number of benzene rings is 3. The van der Waals surface area contributed by atoms with Gasteiger partial charge in [0, 0.05) is 99.5 Å². The molecule has 3 amide bonds. The van der Waals surface area contributed by atoms with Crippen LogP contribution in [0.25, 0.3) is 27.8 Å². The minimum absolute atomic E-state index is 0.0390. The Balaban J connectivity index is 0.000000146. The van der Waals surface area contributed by atoms with Crippen molar-refractivity contribution in [1.82, 2.24) is 48.8 Å². The number of amides is 3. The predicted octanol–water partition coefficient (Wildman–Crippen LogP) is 9.77. The van der Waals surface area contributed by atoms with Gasteiger partial charge in [0.05, 0.1) is 35.5 Å². The van der Waals surface area contributed by atoms with Crippen molar-refractivity contribution in [2.45, 2.75) is 59.8 Å². The van der Waals surface area contributed by atoms with Crippen LogP contribution >= 0.6 is 0 Å². The molecule has 10 aromatic rings. The molecular formula is C60H68FN19O6S. The van der Waals surface area contributed by atoms with Gasteiger partial charge in [0.2, 0.25) is 17.7 Å². The first-order valence-corrected chi connectivity index (χ1v) is 30.3. The molecule has 1 fully saturated rings. The van der Waals surface area contributed by atoms with E-state index < -0.39 is 15.3 Å². The summed E-state index contributed by atoms with van der Waals surface area (Å²) in [6, 6.07) is 24.2. The number of anilines is 12. The second kappa shape index (κ2) is 26.3. The van der Waals surface area contributed by atoms with Crippen molar-refractivity contribution >= 4 is 130 Å². The van der Waals surface area contributed by atoms with Crippen LogP contribution in [0, 0.1) is 25.6 Å². The van der Waals surface area contributed by atoms with Crippen molar-refractivity contribution in [2.75, 3.05) is 93.7 Å². The molecular weight excluding hydrogens is 1130 g/mol. The molecule has 0 radical (unpaired) electrons. The molecule has 87 heavy (non-hydrogen) atoms. The van der Waals surface area contributed by atoms with Gasteiger partial charge < -0.3 is 57.3 Å². The summed E-state index contributed by atoms with van der Waals surface area (Å²) in [4.78, 5) is 54.8. The van der Waals surface area contributed by atoms with Crippen LogP contribution in [0.3, 0.4) is 0 Å². The van der Waals surface area contributed by atoms with E-state index in [9.17, 15) is 23.0 Å². The summed E-state index contributed by atoms with van der Waals surface area (Å²) in [5, 5.41) is 41.6. The van der Waals surface area contributed by atoms with E-state index in [1.165, 1.54) is 29.5 Å². The van der Waals surface area contributed by atoms with Gasteiger partial charge in [0.1, 0.15) is 71.0 Å². The predicted molar refractivity (Wildman–Crippen MR) is 341 cm³/mol. The minimum atomic E-state index is -2.00. The maximum absolute atomic E-state index is 14.1. The zero-order chi connectivity index (χ0) is 61.4. The maximum atomic E-state index is 14.1. The molecule has 1 saturated heterocycles. The second-order valence-corrected chi connectivity index (χ2v) is 23.4. The lowest BCUT2D eigenvalue weighted by molar-refractivity contribution is -0.117. The highest BCUT2D eigenvalue weighted by molar-refractivity contribution is 8.01. The maximum Gasteiger partial charge on any atom is 0.224 e. The van der Waals surface area contributed by atoms with E-state index in [0.717, 1.165) is 46.8 Å². The molecule has 0 aliphatic carbocycles. The lowest BCUT2D eigenvalue weighted by Crippen LogP contribution is -2.38. The normalized spacial score (nSPS) is 14.8. The van der Waals surface area contributed by atoms with Crippen LogP contribution in [0.2, 0.25) is 0 Å². The number of fused-ring (bicyclic) bond motifs is 5. The Morgan fingerprint density at radius 2 is 1.11 bits per heavy atom. The van der Waals surface area contributed by atoms with Gasteiger partial charge in [0.25, 0.3) is 0 Å². The van der Waals surface area contributed by atoms with E-state index >= 15 is 0 Å². The largest absolute Gasteiger partial charge is 0.486 e. The third kappa shape index (κ3) is 14.1. The van der Waals surface area contributed by atoms with Gasteiger partial charge in [-0.05, 0) is 83.4 Å². The van der Waals surface area contributed by atoms with Crippen molar-refractivity contribution in [3.63, 3.8) is 0 Å². The zero-order valence-electron chi connectivity index (χ0n) is 49.2. The average molecular weight is 1200 g/mol. The molecule has 452 valence electrons. The van der Waals surface area contributed by atoms with Gasteiger partial charge in [-0.15, -0.1) is 0 Å². The molecule has 12 rings (SSSR count). The Bertz CT molecular complexity index is 4280. The molecule has 2 aliphatic heterocycles. The van der Waals surface area contributed by atoms with Gasteiger partial charge in [-0.25, -0.2) is 19.3 Å². The number of nitrogens with zero attached hydrogens (tertiary/aromatic N) is 10. The standard InChI is InChI=1S/C21H23FN6O4S.C20H21N7O.C19H24N6O/c1-23-18-8-17(25-14-6-13(22)7-16-20(14)32-4-3-31-16)27-21-15(9-24-28(18)21)26-19(29)5-12-10-33(2,30)11-12;1-3-6-18(28)25-15-12-23-27-17(21-2)11-16(26-20(15)27)24-14-9-4-7-13-8-5-10-22-19(13)14;1-5-6-18(26)23-15-11-21-25-17(20-4)10-16(24-19(15)25)22-14-8-12(2)7-13(3)9-14/h6-9,12,23H,2-5,10-11H2,1H3,(H,25,27)(H,26,29);4-5,7-12,21H,3,6H2,1-2H3,(H,24,26)(H,25,28);7-11,20H,5-6H2,1-4H3,(H,22,24)(H,23,26). The summed E-state index contributed by atoms with van der Waals surface area (Å²) in [7, 11) is 3.37. The Kier molecular flexibility index (Phi) is 18.1. The lowest BCUT2D eigenvalue weighted by atomic mass is 10.1. The van der Waals surface area contributed by atoms with Crippen LogP contribution < -0.4 is 57.3 Å². The Morgan fingerprint density at radius 3 is 1.63 bits per heavy atom. The molecule has 27 heteroatoms. The van der Waals surface area contributed by atoms with Crippen LogP contribution in [0.4, 0.5) is 73.4 Å². The molecule has 0 spiro atoms. The molecule has 25 nitrogen and oxygen atoms in total. The zero-order valence-corrected chi connectivity index (χ0v) is 50.0. The first kappa shape index (κ1) is 59.8. The highest BCUT2D eigenvalue weighted by Gasteiger charge is 2.30. The average Bonchev–Trinajstić information content (AvgIpc) is 3.86. The fraction of sp³-hybridized carbons (Fsp3) is 0.283. The molecule has 9 heterocycles. The van der Waals surface area contributed by atoms with Crippen LogP contribution in [0.5, 0.6) is 11.5 Å². The topological polar surface area (TPSA) is 298 Å². The molecule has 7 aromatic heterocycles. The number of halogens is 1. The smallest absolute Gasteiger partial charge is 0.224 e. The van der Waals surface area contributed by atoms with Crippen LogP contribution in [0.1, 0.15) is 57.1 Å². The molecule has 2 aliphatic rings. The van der Waals surface area contributed by atoms with Crippen molar-refractivity contribution < 1.29 is 32.5 Å². The number of pyridine rings is 1. The highest BCUT2D eigenvalue weighted by Crippen LogP contribution is 2.40. The third-order valence-corrected chi connectivity index (χ3v) is 15.9. The van der Waals surface area contributed by atoms with Gasteiger partial charge in [-0.2, -0.15) is 28.8 Å². The van der Waals surface area contributed by atoms with E-state index in [1.54, 1.807) is 45.3 Å². The van der Waals surface area contributed by atoms with Gasteiger partial charge in [-0.3, -0.25) is 23.6 Å². The van der Waals surface area contributed by atoms with Crippen LogP contribution in [-0.2, 0) is 23.9 Å². The van der Waals surface area contributed by atoms with E-state index in [4.69, 9.17) is 9.47 Å². The SMILES string of the molecule is C=S1(=O)CC(CC(=O)Nc2cnn3c(NC)cc(Nc4cc(F)cc5c4OCCO5)nc23)C1.CCCC(=O)Nc1cnn2c(NC)cc(Nc3cc(C)cc(C)c3)nc12.CCCC(=O)Nc1cnn2c(NC)cc(Nc3cccc4cccnc34)nc12. The van der Waals surface area contributed by atoms with Crippen LogP contribution in [-0.4, -0.2) is 122 Å².